The van der Waals surface area contributed by atoms with Crippen molar-refractivity contribution in [3.63, 3.8) is 0 Å². The SMILES string of the molecule is Cc1[nH]c2ccccc2c1C(=O)C(=O)NC(C)c1ccccc1Br. The van der Waals surface area contributed by atoms with E-state index in [1.165, 1.54) is 0 Å². The fourth-order valence-electron chi connectivity index (χ4n) is 2.85. The van der Waals surface area contributed by atoms with Crippen molar-refractivity contribution in [1.82, 2.24) is 10.3 Å². The van der Waals surface area contributed by atoms with Crippen LogP contribution in [0.15, 0.2) is 53.0 Å². The van der Waals surface area contributed by atoms with Gasteiger partial charge in [-0.1, -0.05) is 52.3 Å². The number of aryl methyl sites for hydroxylation is 1. The number of halogens is 1. The average Bonchev–Trinajstić information content (AvgIpc) is 2.90. The zero-order chi connectivity index (χ0) is 17.3. The van der Waals surface area contributed by atoms with Crippen LogP contribution in [0, 0.1) is 6.92 Å². The molecule has 5 heteroatoms. The van der Waals surface area contributed by atoms with Crippen molar-refractivity contribution in [2.24, 2.45) is 0 Å². The number of amides is 1. The molecule has 1 unspecified atom stereocenters. The number of aromatic amines is 1. The molecular weight excluding hydrogens is 368 g/mol. The first kappa shape index (κ1) is 16.5. The van der Waals surface area contributed by atoms with Crippen molar-refractivity contribution >= 4 is 38.5 Å². The van der Waals surface area contributed by atoms with E-state index >= 15 is 0 Å². The van der Waals surface area contributed by atoms with Crippen LogP contribution in [0.2, 0.25) is 0 Å². The van der Waals surface area contributed by atoms with E-state index in [1.807, 2.05) is 55.5 Å². The molecule has 1 aromatic heterocycles. The van der Waals surface area contributed by atoms with E-state index < -0.39 is 11.7 Å². The lowest BCUT2D eigenvalue weighted by Gasteiger charge is -2.15. The van der Waals surface area contributed by atoms with Crippen LogP contribution >= 0.6 is 15.9 Å². The molecule has 0 saturated carbocycles. The number of aromatic nitrogens is 1. The zero-order valence-electron chi connectivity index (χ0n) is 13.4. The molecule has 0 saturated heterocycles. The van der Waals surface area contributed by atoms with Crippen molar-refractivity contribution in [1.29, 1.82) is 0 Å². The maximum absolute atomic E-state index is 12.6. The van der Waals surface area contributed by atoms with Gasteiger partial charge >= 0.3 is 0 Å². The number of rotatable bonds is 4. The molecule has 24 heavy (non-hydrogen) atoms. The van der Waals surface area contributed by atoms with E-state index in [1.54, 1.807) is 6.92 Å². The van der Waals surface area contributed by atoms with E-state index in [4.69, 9.17) is 0 Å². The molecule has 1 atom stereocenters. The van der Waals surface area contributed by atoms with Gasteiger partial charge in [0.2, 0.25) is 0 Å². The third-order valence-electron chi connectivity index (χ3n) is 4.05. The van der Waals surface area contributed by atoms with Crippen LogP contribution in [0.3, 0.4) is 0 Å². The summed E-state index contributed by atoms with van der Waals surface area (Å²) in [4.78, 5) is 28.2. The number of hydrogen-bond donors (Lipinski definition) is 2. The summed E-state index contributed by atoms with van der Waals surface area (Å²) in [5.74, 6) is -1.13. The van der Waals surface area contributed by atoms with Crippen LogP contribution in [-0.2, 0) is 4.79 Å². The number of carbonyl (C=O) groups excluding carboxylic acids is 2. The first-order valence-corrected chi connectivity index (χ1v) is 8.45. The van der Waals surface area contributed by atoms with Gasteiger partial charge in [0, 0.05) is 21.1 Å². The first-order valence-electron chi connectivity index (χ1n) is 7.66. The lowest BCUT2D eigenvalue weighted by Crippen LogP contribution is -2.33. The summed E-state index contributed by atoms with van der Waals surface area (Å²) in [7, 11) is 0. The Kier molecular flexibility index (Phi) is 4.53. The molecule has 1 heterocycles. The molecule has 3 rings (SSSR count). The summed E-state index contributed by atoms with van der Waals surface area (Å²) in [6.45, 7) is 3.66. The second kappa shape index (κ2) is 6.61. The van der Waals surface area contributed by atoms with E-state index in [0.29, 0.717) is 11.3 Å². The van der Waals surface area contributed by atoms with Crippen LogP contribution in [0.5, 0.6) is 0 Å². The largest absolute Gasteiger partial charge is 0.358 e. The molecule has 1 amide bonds. The van der Waals surface area contributed by atoms with Crippen LogP contribution in [0.4, 0.5) is 0 Å². The van der Waals surface area contributed by atoms with Gasteiger partial charge in [-0.05, 0) is 31.5 Å². The minimum Gasteiger partial charge on any atom is -0.358 e. The zero-order valence-corrected chi connectivity index (χ0v) is 15.0. The highest BCUT2D eigenvalue weighted by Gasteiger charge is 2.24. The fraction of sp³-hybridized carbons (Fsp3) is 0.158. The molecule has 122 valence electrons. The van der Waals surface area contributed by atoms with Crippen molar-refractivity contribution in [2.75, 3.05) is 0 Å². The summed E-state index contributed by atoms with van der Waals surface area (Å²) >= 11 is 3.47. The highest BCUT2D eigenvalue weighted by Crippen LogP contribution is 2.24. The van der Waals surface area contributed by atoms with Crippen LogP contribution in [0.1, 0.15) is 34.6 Å². The molecule has 0 spiro atoms. The minimum absolute atomic E-state index is 0.275. The van der Waals surface area contributed by atoms with Crippen molar-refractivity contribution < 1.29 is 9.59 Å². The number of para-hydroxylation sites is 1. The van der Waals surface area contributed by atoms with Crippen LogP contribution in [0.25, 0.3) is 10.9 Å². The molecule has 0 aliphatic carbocycles. The first-order chi connectivity index (χ1) is 11.5. The van der Waals surface area contributed by atoms with Gasteiger partial charge < -0.3 is 10.3 Å². The number of hydrogen-bond acceptors (Lipinski definition) is 2. The van der Waals surface area contributed by atoms with E-state index in [0.717, 1.165) is 20.9 Å². The van der Waals surface area contributed by atoms with E-state index in [-0.39, 0.29) is 6.04 Å². The van der Waals surface area contributed by atoms with Gasteiger partial charge in [-0.25, -0.2) is 0 Å². The molecule has 4 nitrogen and oxygen atoms in total. The Morgan fingerprint density at radius 3 is 2.50 bits per heavy atom. The quantitative estimate of drug-likeness (QED) is 0.520. The number of benzene rings is 2. The number of ketones is 1. The molecular formula is C19H17BrN2O2. The Balaban J connectivity index is 1.86. The van der Waals surface area contributed by atoms with Gasteiger partial charge in [-0.15, -0.1) is 0 Å². The topological polar surface area (TPSA) is 62.0 Å². The van der Waals surface area contributed by atoms with Gasteiger partial charge in [0.15, 0.2) is 0 Å². The fourth-order valence-corrected chi connectivity index (χ4v) is 3.48. The number of fused-ring (bicyclic) bond motifs is 1. The molecule has 2 N–H and O–H groups in total. The molecule has 0 fully saturated rings. The minimum atomic E-state index is -0.605. The normalized spacial score (nSPS) is 12.1. The summed E-state index contributed by atoms with van der Waals surface area (Å²) in [5.41, 5.74) is 2.91. The summed E-state index contributed by atoms with van der Waals surface area (Å²) in [6, 6.07) is 14.8. The summed E-state index contributed by atoms with van der Waals surface area (Å²) < 4.78 is 0.897. The molecule has 0 radical (unpaired) electrons. The molecule has 0 aliphatic heterocycles. The van der Waals surface area contributed by atoms with Gasteiger partial charge in [0.25, 0.3) is 11.7 Å². The summed E-state index contributed by atoms with van der Waals surface area (Å²) in [6.07, 6.45) is 0. The smallest absolute Gasteiger partial charge is 0.292 e. The second-order valence-electron chi connectivity index (χ2n) is 5.72. The predicted molar refractivity (Wildman–Crippen MR) is 98.1 cm³/mol. The lowest BCUT2D eigenvalue weighted by molar-refractivity contribution is -0.117. The van der Waals surface area contributed by atoms with Crippen LogP contribution < -0.4 is 5.32 Å². The van der Waals surface area contributed by atoms with E-state index in [2.05, 4.69) is 26.2 Å². The lowest BCUT2D eigenvalue weighted by atomic mass is 10.0. The maximum atomic E-state index is 12.6. The number of Topliss-reactive ketones (excluding diaryl/α,β-unsaturated/α-hetero) is 1. The molecule has 0 bridgehead atoms. The number of nitrogens with one attached hydrogen (secondary N) is 2. The number of carbonyl (C=O) groups is 2. The Bertz CT molecular complexity index is 930. The highest BCUT2D eigenvalue weighted by molar-refractivity contribution is 9.10. The highest BCUT2D eigenvalue weighted by atomic mass is 79.9. The van der Waals surface area contributed by atoms with Gasteiger partial charge in [0.1, 0.15) is 0 Å². The Hall–Kier alpha value is -2.40. The van der Waals surface area contributed by atoms with E-state index in [9.17, 15) is 9.59 Å². The average molecular weight is 385 g/mol. The molecule has 0 aliphatic rings. The Morgan fingerprint density at radius 1 is 1.08 bits per heavy atom. The van der Waals surface area contributed by atoms with Gasteiger partial charge in [-0.2, -0.15) is 0 Å². The third-order valence-corrected chi connectivity index (χ3v) is 4.77. The van der Waals surface area contributed by atoms with Crippen molar-refractivity contribution in [2.45, 2.75) is 19.9 Å². The van der Waals surface area contributed by atoms with Crippen LogP contribution in [-0.4, -0.2) is 16.7 Å². The number of H-pyrrole nitrogens is 1. The maximum Gasteiger partial charge on any atom is 0.292 e. The standard InChI is InChI=1S/C19H17BrN2O2/c1-11(13-7-3-5-9-15(13)20)22-19(24)18(23)17-12(2)21-16-10-6-4-8-14(16)17/h3-11,21H,1-2H3,(H,22,24). The predicted octanol–water partition coefficient (Wildman–Crippen LogP) is 4.30. The van der Waals surface area contributed by atoms with Crippen molar-refractivity contribution in [3.8, 4) is 0 Å². The third kappa shape index (κ3) is 2.99. The Morgan fingerprint density at radius 2 is 1.75 bits per heavy atom. The monoisotopic (exact) mass is 384 g/mol. The Labute approximate surface area is 148 Å². The molecule has 2 aromatic carbocycles. The van der Waals surface area contributed by atoms with Gasteiger partial charge in [0.05, 0.1) is 11.6 Å². The molecule has 3 aromatic rings. The van der Waals surface area contributed by atoms with Gasteiger partial charge in [-0.3, -0.25) is 9.59 Å². The van der Waals surface area contributed by atoms with Crippen molar-refractivity contribution in [3.05, 3.63) is 69.8 Å². The summed E-state index contributed by atoms with van der Waals surface area (Å²) in [5, 5.41) is 3.55. The second-order valence-corrected chi connectivity index (χ2v) is 6.57.